The summed E-state index contributed by atoms with van der Waals surface area (Å²) in [5.74, 6) is 1.45. The first-order chi connectivity index (χ1) is 15.7. The molecule has 7 heteroatoms. The number of pyridine rings is 1. The summed E-state index contributed by atoms with van der Waals surface area (Å²) in [6, 6.07) is 16.1. The number of amides is 1. The molecule has 7 nitrogen and oxygen atoms in total. The third-order valence-electron chi connectivity index (χ3n) is 6.08. The highest BCUT2D eigenvalue weighted by Gasteiger charge is 2.20. The van der Waals surface area contributed by atoms with Crippen LogP contribution in [-0.2, 0) is 6.54 Å². The third-order valence-corrected chi connectivity index (χ3v) is 6.08. The minimum Gasteiger partial charge on any atom is -0.349 e. The fourth-order valence-corrected chi connectivity index (χ4v) is 4.36. The lowest BCUT2D eigenvalue weighted by Crippen LogP contribution is -2.33. The summed E-state index contributed by atoms with van der Waals surface area (Å²) in [5, 5.41) is 3.05. The lowest BCUT2D eigenvalue weighted by atomic mass is 10.2. The molecule has 1 aliphatic rings. The van der Waals surface area contributed by atoms with Gasteiger partial charge in [0.25, 0.3) is 5.91 Å². The van der Waals surface area contributed by atoms with Crippen molar-refractivity contribution in [2.75, 3.05) is 26.2 Å². The predicted molar refractivity (Wildman–Crippen MR) is 125 cm³/mol. The second-order valence-corrected chi connectivity index (χ2v) is 8.33. The number of carbonyl (C=O) groups is 1. The number of imidazole rings is 2. The summed E-state index contributed by atoms with van der Waals surface area (Å²) in [5.41, 5.74) is 3.20. The molecule has 1 N–H and O–H groups in total. The van der Waals surface area contributed by atoms with Crippen molar-refractivity contribution in [2.24, 2.45) is 0 Å². The quantitative estimate of drug-likeness (QED) is 0.490. The average molecular weight is 429 g/mol. The monoisotopic (exact) mass is 428 g/mol. The van der Waals surface area contributed by atoms with Crippen molar-refractivity contribution < 1.29 is 4.79 Å². The molecule has 32 heavy (non-hydrogen) atoms. The van der Waals surface area contributed by atoms with Crippen LogP contribution in [0.25, 0.3) is 17.0 Å². The first-order valence-electron chi connectivity index (χ1n) is 11.2. The SMILES string of the molecule is Cc1nc(-c2nc(C(=O)NCCN3CCCC3)c3ccccn23)cn1Cc1ccccc1. The zero-order chi connectivity index (χ0) is 21.9. The Hall–Kier alpha value is -3.45. The highest BCUT2D eigenvalue weighted by Crippen LogP contribution is 2.23. The van der Waals surface area contributed by atoms with Crippen LogP contribution >= 0.6 is 0 Å². The summed E-state index contributed by atoms with van der Waals surface area (Å²) in [6.07, 6.45) is 6.45. The van der Waals surface area contributed by atoms with Crippen LogP contribution < -0.4 is 5.32 Å². The van der Waals surface area contributed by atoms with E-state index in [4.69, 9.17) is 9.97 Å². The van der Waals surface area contributed by atoms with Gasteiger partial charge in [-0.05, 0) is 50.6 Å². The van der Waals surface area contributed by atoms with Gasteiger partial charge in [0.05, 0.1) is 5.52 Å². The van der Waals surface area contributed by atoms with Gasteiger partial charge >= 0.3 is 0 Å². The molecule has 0 saturated carbocycles. The molecule has 1 aromatic carbocycles. The number of likely N-dealkylation sites (tertiary alicyclic amines) is 1. The number of aryl methyl sites for hydroxylation is 1. The van der Waals surface area contributed by atoms with Gasteiger partial charge in [-0.2, -0.15) is 0 Å². The van der Waals surface area contributed by atoms with Crippen LogP contribution in [-0.4, -0.2) is 55.9 Å². The topological polar surface area (TPSA) is 67.5 Å². The predicted octanol–water partition coefficient (Wildman–Crippen LogP) is 3.38. The Balaban J connectivity index is 1.40. The van der Waals surface area contributed by atoms with Gasteiger partial charge in [0.15, 0.2) is 11.5 Å². The third kappa shape index (κ3) is 4.16. The molecule has 0 bridgehead atoms. The molecule has 0 unspecified atom stereocenters. The van der Waals surface area contributed by atoms with E-state index in [0.29, 0.717) is 18.1 Å². The first-order valence-corrected chi connectivity index (χ1v) is 11.2. The van der Waals surface area contributed by atoms with E-state index >= 15 is 0 Å². The number of hydrogen-bond donors (Lipinski definition) is 1. The van der Waals surface area contributed by atoms with Gasteiger partial charge in [0.2, 0.25) is 0 Å². The largest absolute Gasteiger partial charge is 0.349 e. The van der Waals surface area contributed by atoms with E-state index in [1.165, 1.54) is 18.4 Å². The van der Waals surface area contributed by atoms with Gasteiger partial charge in [-0.3, -0.25) is 9.20 Å². The average Bonchev–Trinajstić information content (AvgIpc) is 3.54. The molecule has 1 saturated heterocycles. The summed E-state index contributed by atoms with van der Waals surface area (Å²) in [4.78, 5) is 24.8. The van der Waals surface area contributed by atoms with E-state index < -0.39 is 0 Å². The molecule has 0 aliphatic carbocycles. The molecular weight excluding hydrogens is 400 g/mol. The molecule has 1 amide bonds. The van der Waals surface area contributed by atoms with E-state index in [9.17, 15) is 4.79 Å². The second-order valence-electron chi connectivity index (χ2n) is 8.33. The van der Waals surface area contributed by atoms with Gasteiger partial charge in [-0.15, -0.1) is 0 Å². The van der Waals surface area contributed by atoms with E-state index in [1.807, 2.05) is 60.1 Å². The smallest absolute Gasteiger partial charge is 0.272 e. The highest BCUT2D eigenvalue weighted by molar-refractivity contribution is 5.99. The maximum Gasteiger partial charge on any atom is 0.272 e. The molecule has 1 fully saturated rings. The Morgan fingerprint density at radius 3 is 2.62 bits per heavy atom. The molecule has 5 rings (SSSR count). The highest BCUT2D eigenvalue weighted by atomic mass is 16.1. The standard InChI is InChI=1S/C25H28N6O/c1-19-27-21(18-30(19)17-20-9-3-2-4-10-20)24-28-23(22-11-5-6-15-31(22)24)25(32)26-12-16-29-13-7-8-14-29/h2-6,9-11,15,18H,7-8,12-14,16-17H2,1H3,(H,26,32). The van der Waals surface area contributed by atoms with Crippen molar-refractivity contribution in [2.45, 2.75) is 26.3 Å². The number of nitrogens with one attached hydrogen (secondary N) is 1. The summed E-state index contributed by atoms with van der Waals surface area (Å²) in [7, 11) is 0. The van der Waals surface area contributed by atoms with Crippen LogP contribution in [0.4, 0.5) is 0 Å². The minimum atomic E-state index is -0.139. The zero-order valence-electron chi connectivity index (χ0n) is 18.4. The molecule has 0 radical (unpaired) electrons. The van der Waals surface area contributed by atoms with Crippen molar-refractivity contribution >= 4 is 11.4 Å². The number of aromatic nitrogens is 4. The molecule has 4 heterocycles. The molecule has 0 spiro atoms. The number of fused-ring (bicyclic) bond motifs is 1. The Bertz CT molecular complexity index is 1220. The number of nitrogens with zero attached hydrogens (tertiary/aromatic N) is 5. The number of rotatable bonds is 7. The summed E-state index contributed by atoms with van der Waals surface area (Å²) < 4.78 is 4.06. The lowest BCUT2D eigenvalue weighted by Gasteiger charge is -2.14. The van der Waals surface area contributed by atoms with E-state index in [1.54, 1.807) is 0 Å². The van der Waals surface area contributed by atoms with E-state index in [0.717, 1.165) is 43.2 Å². The molecule has 3 aromatic heterocycles. The van der Waals surface area contributed by atoms with Crippen LogP contribution in [0.1, 0.15) is 34.7 Å². The fourth-order valence-electron chi connectivity index (χ4n) is 4.36. The van der Waals surface area contributed by atoms with Crippen LogP contribution in [0.2, 0.25) is 0 Å². The van der Waals surface area contributed by atoms with Crippen LogP contribution in [0.5, 0.6) is 0 Å². The maximum atomic E-state index is 13.0. The van der Waals surface area contributed by atoms with Crippen molar-refractivity contribution in [3.8, 4) is 11.5 Å². The Kier molecular flexibility index (Phi) is 5.73. The Morgan fingerprint density at radius 1 is 1.03 bits per heavy atom. The number of hydrogen-bond acceptors (Lipinski definition) is 4. The van der Waals surface area contributed by atoms with Crippen molar-refractivity contribution in [3.05, 3.63) is 78.0 Å². The lowest BCUT2D eigenvalue weighted by molar-refractivity contribution is 0.0947. The summed E-state index contributed by atoms with van der Waals surface area (Å²) in [6.45, 7) is 6.50. The van der Waals surface area contributed by atoms with Gasteiger partial charge in [-0.1, -0.05) is 36.4 Å². The van der Waals surface area contributed by atoms with Gasteiger partial charge in [-0.25, -0.2) is 9.97 Å². The Labute approximate surface area is 187 Å². The number of benzene rings is 1. The van der Waals surface area contributed by atoms with Crippen molar-refractivity contribution in [1.29, 1.82) is 0 Å². The summed E-state index contributed by atoms with van der Waals surface area (Å²) >= 11 is 0. The Morgan fingerprint density at radius 2 is 1.81 bits per heavy atom. The van der Waals surface area contributed by atoms with Crippen molar-refractivity contribution in [1.82, 2.24) is 29.2 Å². The van der Waals surface area contributed by atoms with E-state index in [-0.39, 0.29) is 5.91 Å². The molecule has 164 valence electrons. The molecule has 1 aliphatic heterocycles. The van der Waals surface area contributed by atoms with Gasteiger partial charge in [0, 0.05) is 32.0 Å². The number of carbonyl (C=O) groups excluding carboxylic acids is 1. The van der Waals surface area contributed by atoms with Gasteiger partial charge < -0.3 is 14.8 Å². The molecule has 0 atom stereocenters. The maximum absolute atomic E-state index is 13.0. The van der Waals surface area contributed by atoms with Crippen LogP contribution in [0.3, 0.4) is 0 Å². The second kappa shape index (κ2) is 8.96. The fraction of sp³-hybridized carbons (Fsp3) is 0.320. The van der Waals surface area contributed by atoms with Crippen LogP contribution in [0, 0.1) is 6.92 Å². The van der Waals surface area contributed by atoms with E-state index in [2.05, 4.69) is 26.9 Å². The normalized spacial score (nSPS) is 14.3. The van der Waals surface area contributed by atoms with Crippen LogP contribution in [0.15, 0.2) is 60.9 Å². The minimum absolute atomic E-state index is 0.139. The van der Waals surface area contributed by atoms with Gasteiger partial charge in [0.1, 0.15) is 11.5 Å². The molecular formula is C25H28N6O. The zero-order valence-corrected chi connectivity index (χ0v) is 18.4. The van der Waals surface area contributed by atoms with Crippen molar-refractivity contribution in [3.63, 3.8) is 0 Å². The first kappa shape index (κ1) is 20.5. The molecule has 4 aromatic rings.